The smallest absolute Gasteiger partial charge is 0.222 e. The molecule has 1 rings (SSSR count). The third-order valence-corrected chi connectivity index (χ3v) is 2.51. The van der Waals surface area contributed by atoms with E-state index < -0.39 is 0 Å². The fraction of sp³-hybridized carbons (Fsp3) is 0.667. The van der Waals surface area contributed by atoms with Gasteiger partial charge in [0.05, 0.1) is 0 Å². The Labute approximate surface area is 75.0 Å². The number of thioether (sulfide) groups is 1. The number of nitrogen functional groups attached to an aromatic ring is 1. The van der Waals surface area contributed by atoms with Crippen molar-refractivity contribution in [2.45, 2.75) is 11.6 Å². The highest BCUT2D eigenvalue weighted by atomic mass is 32.2. The van der Waals surface area contributed by atoms with Crippen LogP contribution in [-0.4, -0.2) is 32.2 Å². The van der Waals surface area contributed by atoms with Gasteiger partial charge in [0.15, 0.2) is 5.16 Å². The molecule has 1 aromatic heterocycles. The zero-order chi connectivity index (χ0) is 8.97. The number of aromatic nitrogens is 3. The molecule has 0 aliphatic rings. The Balaban J connectivity index is 2.46. The number of aliphatic hydroxyl groups is 1. The summed E-state index contributed by atoms with van der Waals surface area (Å²) in [7, 11) is 1.82. The van der Waals surface area contributed by atoms with Crippen LogP contribution in [-0.2, 0) is 7.05 Å². The third kappa shape index (κ3) is 2.12. The molecule has 0 amide bonds. The average Bonchev–Trinajstić information content (AvgIpc) is 2.36. The zero-order valence-electron chi connectivity index (χ0n) is 6.90. The molecule has 68 valence electrons. The van der Waals surface area contributed by atoms with E-state index in [2.05, 4.69) is 10.2 Å². The first-order chi connectivity index (χ1) is 5.75. The summed E-state index contributed by atoms with van der Waals surface area (Å²) >= 11 is 1.54. The van der Waals surface area contributed by atoms with Gasteiger partial charge in [-0.15, -0.1) is 10.2 Å². The highest BCUT2D eigenvalue weighted by Gasteiger charge is 2.04. The Morgan fingerprint density at radius 3 is 2.83 bits per heavy atom. The summed E-state index contributed by atoms with van der Waals surface area (Å²) in [5.74, 6) is 1.25. The summed E-state index contributed by atoms with van der Waals surface area (Å²) in [6, 6.07) is 0. The molecule has 0 radical (unpaired) electrons. The molecular formula is C6H12N4OS. The van der Waals surface area contributed by atoms with Gasteiger partial charge in [0.2, 0.25) is 5.95 Å². The first-order valence-electron chi connectivity index (χ1n) is 3.64. The van der Waals surface area contributed by atoms with E-state index in [0.717, 1.165) is 17.3 Å². The molecule has 0 unspecified atom stereocenters. The van der Waals surface area contributed by atoms with Crippen LogP contribution in [0.2, 0.25) is 0 Å². The van der Waals surface area contributed by atoms with Crippen LogP contribution >= 0.6 is 11.8 Å². The van der Waals surface area contributed by atoms with Gasteiger partial charge in [-0.05, 0) is 6.42 Å². The van der Waals surface area contributed by atoms with Crippen molar-refractivity contribution in [3.8, 4) is 0 Å². The van der Waals surface area contributed by atoms with Crippen LogP contribution in [0.4, 0.5) is 5.95 Å². The van der Waals surface area contributed by atoms with Gasteiger partial charge in [-0.1, -0.05) is 11.8 Å². The summed E-state index contributed by atoms with van der Waals surface area (Å²) in [4.78, 5) is 0. The van der Waals surface area contributed by atoms with Crippen molar-refractivity contribution in [3.05, 3.63) is 0 Å². The number of hydrogen-bond donors (Lipinski definition) is 2. The molecule has 0 saturated heterocycles. The van der Waals surface area contributed by atoms with Crippen molar-refractivity contribution in [2.24, 2.45) is 7.05 Å². The van der Waals surface area contributed by atoms with Gasteiger partial charge in [0, 0.05) is 19.4 Å². The maximum atomic E-state index is 8.54. The molecule has 0 saturated carbocycles. The van der Waals surface area contributed by atoms with Crippen molar-refractivity contribution >= 4 is 17.7 Å². The predicted octanol–water partition coefficient (Wildman–Crippen LogP) is -0.128. The number of hydrogen-bond acceptors (Lipinski definition) is 5. The van der Waals surface area contributed by atoms with Crippen molar-refractivity contribution in [3.63, 3.8) is 0 Å². The molecule has 0 atom stereocenters. The quantitative estimate of drug-likeness (QED) is 0.508. The summed E-state index contributed by atoms with van der Waals surface area (Å²) in [5, 5.41) is 16.9. The van der Waals surface area contributed by atoms with E-state index in [-0.39, 0.29) is 6.61 Å². The monoisotopic (exact) mass is 188 g/mol. The number of rotatable bonds is 4. The van der Waals surface area contributed by atoms with Crippen LogP contribution in [0.1, 0.15) is 6.42 Å². The van der Waals surface area contributed by atoms with Gasteiger partial charge < -0.3 is 10.8 Å². The third-order valence-electron chi connectivity index (χ3n) is 1.40. The molecule has 3 N–H and O–H groups in total. The first-order valence-corrected chi connectivity index (χ1v) is 4.62. The van der Waals surface area contributed by atoms with Crippen molar-refractivity contribution in [1.82, 2.24) is 14.8 Å². The van der Waals surface area contributed by atoms with E-state index in [9.17, 15) is 0 Å². The SMILES string of the molecule is Cn1c(N)nnc1SCCCO. The van der Waals surface area contributed by atoms with Crippen LogP contribution in [0.5, 0.6) is 0 Å². The van der Waals surface area contributed by atoms with Crippen LogP contribution < -0.4 is 5.73 Å². The Kier molecular flexibility index (Phi) is 3.36. The van der Waals surface area contributed by atoms with E-state index in [0.29, 0.717) is 5.95 Å². The topological polar surface area (TPSA) is 77.0 Å². The van der Waals surface area contributed by atoms with Gasteiger partial charge in [0.25, 0.3) is 0 Å². The molecule has 0 aliphatic heterocycles. The van der Waals surface area contributed by atoms with E-state index in [1.807, 2.05) is 7.05 Å². The molecule has 0 aromatic carbocycles. The average molecular weight is 188 g/mol. The van der Waals surface area contributed by atoms with Gasteiger partial charge in [-0.3, -0.25) is 4.57 Å². The van der Waals surface area contributed by atoms with E-state index in [1.54, 1.807) is 16.3 Å². The van der Waals surface area contributed by atoms with E-state index in [4.69, 9.17) is 10.8 Å². The van der Waals surface area contributed by atoms with E-state index >= 15 is 0 Å². The lowest BCUT2D eigenvalue weighted by Gasteiger charge is -1.98. The molecule has 0 fully saturated rings. The Bertz CT molecular complexity index is 250. The second-order valence-electron chi connectivity index (χ2n) is 2.33. The van der Waals surface area contributed by atoms with E-state index in [1.165, 1.54) is 0 Å². The Morgan fingerprint density at radius 2 is 2.33 bits per heavy atom. The van der Waals surface area contributed by atoms with Crippen molar-refractivity contribution in [1.29, 1.82) is 0 Å². The zero-order valence-corrected chi connectivity index (χ0v) is 7.71. The fourth-order valence-corrected chi connectivity index (χ4v) is 1.52. The highest BCUT2D eigenvalue weighted by Crippen LogP contribution is 2.16. The molecule has 1 heterocycles. The van der Waals surface area contributed by atoms with Crippen LogP contribution in [0.3, 0.4) is 0 Å². The number of nitrogens with two attached hydrogens (primary N) is 1. The molecule has 5 nitrogen and oxygen atoms in total. The lowest BCUT2D eigenvalue weighted by atomic mass is 10.5. The Morgan fingerprint density at radius 1 is 1.58 bits per heavy atom. The lowest BCUT2D eigenvalue weighted by Crippen LogP contribution is -1.98. The van der Waals surface area contributed by atoms with Gasteiger partial charge in [-0.2, -0.15) is 0 Å². The van der Waals surface area contributed by atoms with Crippen LogP contribution in [0.25, 0.3) is 0 Å². The van der Waals surface area contributed by atoms with Crippen molar-refractivity contribution < 1.29 is 5.11 Å². The fourth-order valence-electron chi connectivity index (χ4n) is 0.680. The number of nitrogens with zero attached hydrogens (tertiary/aromatic N) is 3. The second-order valence-corrected chi connectivity index (χ2v) is 3.39. The normalized spacial score (nSPS) is 10.5. The van der Waals surface area contributed by atoms with Gasteiger partial charge in [0.1, 0.15) is 0 Å². The van der Waals surface area contributed by atoms with Crippen LogP contribution in [0.15, 0.2) is 5.16 Å². The molecule has 12 heavy (non-hydrogen) atoms. The molecule has 1 aromatic rings. The molecule has 0 bridgehead atoms. The maximum Gasteiger partial charge on any atom is 0.222 e. The Hall–Kier alpha value is -0.750. The standard InChI is InChI=1S/C6H12N4OS/c1-10-5(7)8-9-6(10)12-4-2-3-11/h11H,2-4H2,1H3,(H2,7,8). The summed E-state index contributed by atoms with van der Waals surface area (Å²) in [6.07, 6.45) is 0.761. The minimum absolute atomic E-state index is 0.209. The summed E-state index contributed by atoms with van der Waals surface area (Å²) in [5.41, 5.74) is 5.47. The largest absolute Gasteiger partial charge is 0.396 e. The first kappa shape index (κ1) is 9.34. The molecule has 6 heteroatoms. The molecule has 0 spiro atoms. The predicted molar refractivity (Wildman–Crippen MR) is 47.8 cm³/mol. The maximum absolute atomic E-state index is 8.54. The summed E-state index contributed by atoms with van der Waals surface area (Å²) < 4.78 is 1.72. The van der Waals surface area contributed by atoms with Crippen molar-refractivity contribution in [2.75, 3.05) is 18.1 Å². The lowest BCUT2D eigenvalue weighted by molar-refractivity contribution is 0.296. The van der Waals surface area contributed by atoms with Gasteiger partial charge in [-0.25, -0.2) is 0 Å². The molecule has 0 aliphatic carbocycles. The second kappa shape index (κ2) is 4.32. The van der Waals surface area contributed by atoms with Crippen LogP contribution in [0, 0.1) is 0 Å². The summed E-state index contributed by atoms with van der Waals surface area (Å²) in [6.45, 7) is 0.209. The number of anilines is 1. The highest BCUT2D eigenvalue weighted by molar-refractivity contribution is 7.99. The van der Waals surface area contributed by atoms with Gasteiger partial charge >= 0.3 is 0 Å². The number of aliphatic hydroxyl groups excluding tert-OH is 1. The minimum atomic E-state index is 0.209. The molecular weight excluding hydrogens is 176 g/mol. The minimum Gasteiger partial charge on any atom is -0.396 e.